The molecule has 182 valence electrons. The number of aryl methyl sites for hydroxylation is 1. The smallest absolute Gasteiger partial charge is 0.419 e. The summed E-state index contributed by atoms with van der Waals surface area (Å²) in [5.74, 6) is -1.04. The highest BCUT2D eigenvalue weighted by atomic mass is 19.4. The van der Waals surface area contributed by atoms with Gasteiger partial charge in [-0.25, -0.2) is 0 Å². The van der Waals surface area contributed by atoms with Crippen molar-refractivity contribution in [1.82, 2.24) is 14.7 Å². The SMILES string of the molecule is O=C(O)CCn1ccc2c(-c3nc(-c4ccc(OC5CCOC5)c(C(F)(F)F)c4)no3)cccc21. The number of carboxylic acids is 1. The van der Waals surface area contributed by atoms with E-state index in [9.17, 15) is 18.0 Å². The predicted molar refractivity (Wildman–Crippen MR) is 118 cm³/mol. The van der Waals surface area contributed by atoms with Gasteiger partial charge in [0, 0.05) is 41.2 Å². The fourth-order valence-corrected chi connectivity index (χ4v) is 4.05. The van der Waals surface area contributed by atoms with Crippen LogP contribution in [0.3, 0.4) is 0 Å². The third-order valence-electron chi connectivity index (χ3n) is 5.76. The second-order valence-electron chi connectivity index (χ2n) is 8.13. The van der Waals surface area contributed by atoms with Gasteiger partial charge in [-0.15, -0.1) is 0 Å². The van der Waals surface area contributed by atoms with Crippen LogP contribution in [0.15, 0.2) is 53.2 Å². The number of benzene rings is 2. The van der Waals surface area contributed by atoms with Crippen LogP contribution in [0.25, 0.3) is 33.7 Å². The number of carbonyl (C=O) groups is 1. The first-order valence-electron chi connectivity index (χ1n) is 10.9. The lowest BCUT2D eigenvalue weighted by atomic mass is 10.1. The molecular formula is C24H20F3N3O5. The minimum absolute atomic E-state index is 0.00330. The highest BCUT2D eigenvalue weighted by molar-refractivity contribution is 5.93. The molecule has 1 saturated heterocycles. The number of aromatic nitrogens is 3. The molecule has 1 unspecified atom stereocenters. The Kier molecular flexibility index (Phi) is 5.93. The number of halogens is 3. The molecule has 0 amide bonds. The molecule has 1 N–H and O–H groups in total. The highest BCUT2D eigenvalue weighted by Gasteiger charge is 2.36. The Morgan fingerprint density at radius 1 is 1.23 bits per heavy atom. The quantitative estimate of drug-likeness (QED) is 0.391. The van der Waals surface area contributed by atoms with Gasteiger partial charge in [-0.3, -0.25) is 4.79 Å². The highest BCUT2D eigenvalue weighted by Crippen LogP contribution is 2.39. The van der Waals surface area contributed by atoms with E-state index in [4.69, 9.17) is 19.1 Å². The van der Waals surface area contributed by atoms with E-state index < -0.39 is 23.8 Å². The second kappa shape index (κ2) is 9.06. The summed E-state index contributed by atoms with van der Waals surface area (Å²) < 4.78 is 59.2. The maximum Gasteiger partial charge on any atom is 0.419 e. The molecule has 1 aliphatic rings. The van der Waals surface area contributed by atoms with Crippen LogP contribution in [0, 0.1) is 0 Å². The Labute approximate surface area is 196 Å². The van der Waals surface area contributed by atoms with Gasteiger partial charge in [-0.1, -0.05) is 11.2 Å². The monoisotopic (exact) mass is 487 g/mol. The van der Waals surface area contributed by atoms with Crippen molar-refractivity contribution in [2.75, 3.05) is 13.2 Å². The maximum atomic E-state index is 13.8. The summed E-state index contributed by atoms with van der Waals surface area (Å²) in [6.45, 7) is 0.987. The van der Waals surface area contributed by atoms with Crippen molar-refractivity contribution in [2.45, 2.75) is 31.7 Å². The van der Waals surface area contributed by atoms with E-state index in [0.717, 1.165) is 17.0 Å². The predicted octanol–water partition coefficient (Wildman–Crippen LogP) is 5.02. The zero-order valence-corrected chi connectivity index (χ0v) is 18.3. The van der Waals surface area contributed by atoms with Crippen LogP contribution >= 0.6 is 0 Å². The van der Waals surface area contributed by atoms with E-state index in [1.54, 1.807) is 29.0 Å². The molecule has 0 saturated carbocycles. The van der Waals surface area contributed by atoms with Crippen LogP contribution in [0.2, 0.25) is 0 Å². The Hall–Kier alpha value is -3.86. The molecule has 11 heteroatoms. The molecule has 3 heterocycles. The van der Waals surface area contributed by atoms with E-state index in [1.165, 1.54) is 12.1 Å². The lowest BCUT2D eigenvalue weighted by Crippen LogP contribution is -2.18. The summed E-state index contributed by atoms with van der Waals surface area (Å²) in [4.78, 5) is 15.3. The lowest BCUT2D eigenvalue weighted by molar-refractivity contribution is -0.139. The van der Waals surface area contributed by atoms with Gasteiger partial charge in [0.1, 0.15) is 11.9 Å². The molecule has 35 heavy (non-hydrogen) atoms. The molecule has 1 fully saturated rings. The molecule has 4 aromatic rings. The first kappa shape index (κ1) is 22.9. The fraction of sp³-hybridized carbons (Fsp3) is 0.292. The zero-order valence-electron chi connectivity index (χ0n) is 18.3. The molecule has 0 bridgehead atoms. The number of hydrogen-bond donors (Lipinski definition) is 1. The van der Waals surface area contributed by atoms with Crippen molar-refractivity contribution in [1.29, 1.82) is 0 Å². The summed E-state index contributed by atoms with van der Waals surface area (Å²) in [5, 5.41) is 13.6. The zero-order chi connectivity index (χ0) is 24.6. The number of rotatable bonds is 7. The van der Waals surface area contributed by atoms with Crippen molar-refractivity contribution in [3.8, 4) is 28.6 Å². The average Bonchev–Trinajstić information content (AvgIpc) is 3.58. The molecule has 2 aromatic carbocycles. The van der Waals surface area contributed by atoms with E-state index >= 15 is 0 Å². The Morgan fingerprint density at radius 2 is 2.09 bits per heavy atom. The third kappa shape index (κ3) is 4.72. The van der Waals surface area contributed by atoms with Gasteiger partial charge in [0.2, 0.25) is 5.82 Å². The molecule has 8 nitrogen and oxygen atoms in total. The molecular weight excluding hydrogens is 467 g/mol. The molecule has 2 aromatic heterocycles. The number of nitrogens with zero attached hydrogens (tertiary/aromatic N) is 3. The number of aliphatic carboxylic acids is 1. The van der Waals surface area contributed by atoms with Crippen LogP contribution in [0.1, 0.15) is 18.4 Å². The van der Waals surface area contributed by atoms with Gasteiger partial charge >= 0.3 is 12.1 Å². The van der Waals surface area contributed by atoms with Gasteiger partial charge in [-0.05, 0) is 36.4 Å². The van der Waals surface area contributed by atoms with E-state index in [0.29, 0.717) is 25.1 Å². The van der Waals surface area contributed by atoms with Crippen LogP contribution < -0.4 is 4.74 Å². The number of fused-ring (bicyclic) bond motifs is 1. The summed E-state index contributed by atoms with van der Waals surface area (Å²) in [7, 11) is 0. The van der Waals surface area contributed by atoms with E-state index in [1.807, 2.05) is 6.07 Å². The van der Waals surface area contributed by atoms with Gasteiger partial charge in [0.15, 0.2) is 0 Å². The maximum absolute atomic E-state index is 13.8. The minimum atomic E-state index is -4.64. The van der Waals surface area contributed by atoms with Crippen molar-refractivity contribution >= 4 is 16.9 Å². The molecule has 0 radical (unpaired) electrons. The topological polar surface area (TPSA) is 99.6 Å². The van der Waals surface area contributed by atoms with Crippen molar-refractivity contribution in [3.05, 3.63) is 54.2 Å². The number of alkyl halides is 3. The van der Waals surface area contributed by atoms with Crippen LogP contribution in [-0.2, 0) is 22.3 Å². The Bertz CT molecular complexity index is 1370. The Balaban J connectivity index is 1.46. The summed E-state index contributed by atoms with van der Waals surface area (Å²) >= 11 is 0. The van der Waals surface area contributed by atoms with Crippen LogP contribution in [0.4, 0.5) is 13.2 Å². The van der Waals surface area contributed by atoms with Gasteiger partial charge in [-0.2, -0.15) is 18.2 Å². The van der Waals surface area contributed by atoms with E-state index in [2.05, 4.69) is 10.1 Å². The molecule has 0 spiro atoms. The lowest BCUT2D eigenvalue weighted by Gasteiger charge is -2.17. The van der Waals surface area contributed by atoms with Crippen molar-refractivity contribution < 1.29 is 37.1 Å². The first-order valence-corrected chi connectivity index (χ1v) is 10.9. The normalized spacial score (nSPS) is 16.1. The molecule has 1 aliphatic heterocycles. The number of hydrogen-bond acceptors (Lipinski definition) is 6. The molecule has 5 rings (SSSR count). The molecule has 0 aliphatic carbocycles. The van der Waals surface area contributed by atoms with E-state index in [-0.39, 0.29) is 36.1 Å². The van der Waals surface area contributed by atoms with Gasteiger partial charge in [0.25, 0.3) is 5.89 Å². The third-order valence-corrected chi connectivity index (χ3v) is 5.76. The average molecular weight is 487 g/mol. The largest absolute Gasteiger partial charge is 0.487 e. The number of ether oxygens (including phenoxy) is 2. The van der Waals surface area contributed by atoms with Crippen molar-refractivity contribution in [2.24, 2.45) is 0 Å². The Morgan fingerprint density at radius 3 is 2.83 bits per heavy atom. The fourth-order valence-electron chi connectivity index (χ4n) is 4.05. The summed E-state index contributed by atoms with van der Waals surface area (Å²) in [6, 6.07) is 10.8. The van der Waals surface area contributed by atoms with Crippen molar-refractivity contribution in [3.63, 3.8) is 0 Å². The number of carboxylic acid groups (broad SMARTS) is 1. The first-order chi connectivity index (χ1) is 16.8. The van der Waals surface area contributed by atoms with Crippen LogP contribution in [-0.4, -0.2) is 45.1 Å². The van der Waals surface area contributed by atoms with Gasteiger partial charge < -0.3 is 23.7 Å². The second-order valence-corrected chi connectivity index (χ2v) is 8.13. The summed E-state index contributed by atoms with van der Waals surface area (Å²) in [5.41, 5.74) is 0.576. The minimum Gasteiger partial charge on any atom is -0.487 e. The summed E-state index contributed by atoms with van der Waals surface area (Å²) in [6.07, 6.45) is -2.81. The van der Waals surface area contributed by atoms with Crippen LogP contribution in [0.5, 0.6) is 5.75 Å². The molecule has 1 atom stereocenters. The standard InChI is InChI=1S/C24H20F3N3O5/c25-24(26,27)18-12-14(4-5-20(18)34-15-8-11-33-13-15)22-28-23(35-29-22)17-2-1-3-19-16(17)6-9-30(19)10-7-21(31)32/h1-6,9,12,15H,7-8,10-11,13H2,(H,31,32). The van der Waals surface area contributed by atoms with Gasteiger partial charge in [0.05, 0.1) is 25.2 Å².